The minimum atomic E-state index is -4.07. The van der Waals surface area contributed by atoms with Gasteiger partial charge in [0.25, 0.3) is 0 Å². The molecule has 0 radical (unpaired) electrons. The molecular formula is C24H38N6O5S. The fourth-order valence-electron chi connectivity index (χ4n) is 4.85. The number of likely N-dealkylation sites (tertiary alicyclic amines) is 1. The Labute approximate surface area is 213 Å². The van der Waals surface area contributed by atoms with Crippen molar-refractivity contribution in [3.8, 4) is 0 Å². The molecule has 11 nitrogen and oxygen atoms in total. The van der Waals surface area contributed by atoms with Gasteiger partial charge in [-0.25, -0.2) is 13.2 Å². The molecule has 0 aromatic heterocycles. The maximum absolute atomic E-state index is 13.7. The van der Waals surface area contributed by atoms with Crippen LogP contribution in [0.2, 0.25) is 0 Å². The van der Waals surface area contributed by atoms with Gasteiger partial charge in [-0.15, -0.1) is 0 Å². The van der Waals surface area contributed by atoms with Crippen molar-refractivity contribution in [1.82, 2.24) is 9.62 Å². The minimum Gasteiger partial charge on any atom is -0.467 e. The molecule has 2 heterocycles. The van der Waals surface area contributed by atoms with Gasteiger partial charge in [-0.3, -0.25) is 9.79 Å². The monoisotopic (exact) mass is 522 g/mol. The van der Waals surface area contributed by atoms with Gasteiger partial charge in [0.15, 0.2) is 5.96 Å². The lowest BCUT2D eigenvalue weighted by Gasteiger charge is -2.38. The van der Waals surface area contributed by atoms with Gasteiger partial charge in [0.2, 0.25) is 15.9 Å². The van der Waals surface area contributed by atoms with E-state index in [9.17, 15) is 18.0 Å². The topological polar surface area (TPSA) is 169 Å². The van der Waals surface area contributed by atoms with E-state index in [0.717, 1.165) is 12.0 Å². The van der Waals surface area contributed by atoms with Crippen molar-refractivity contribution >= 4 is 33.5 Å². The van der Waals surface area contributed by atoms with E-state index in [-0.39, 0.29) is 29.7 Å². The van der Waals surface area contributed by atoms with Gasteiger partial charge in [0.1, 0.15) is 17.0 Å². The number of hydrogen-bond acceptors (Lipinski definition) is 7. The van der Waals surface area contributed by atoms with Crippen LogP contribution in [0.1, 0.15) is 45.1 Å². The summed E-state index contributed by atoms with van der Waals surface area (Å²) in [6.45, 7) is 5.35. The summed E-state index contributed by atoms with van der Waals surface area (Å²) < 4.78 is 34.7. The molecule has 0 saturated carbocycles. The number of benzene rings is 1. The fraction of sp³-hybridized carbons (Fsp3) is 0.625. The number of nitrogens with zero attached hydrogens (tertiary/aromatic N) is 2. The van der Waals surface area contributed by atoms with Crippen molar-refractivity contribution in [2.75, 3.05) is 32.1 Å². The van der Waals surface area contributed by atoms with Crippen LogP contribution in [0.15, 0.2) is 28.1 Å². The molecule has 0 spiro atoms. The molecule has 1 unspecified atom stereocenters. The zero-order valence-corrected chi connectivity index (χ0v) is 22.0. The number of amides is 1. The first kappa shape index (κ1) is 27.7. The summed E-state index contributed by atoms with van der Waals surface area (Å²) in [7, 11) is -2.79. The zero-order chi connectivity index (χ0) is 26.5. The van der Waals surface area contributed by atoms with Gasteiger partial charge >= 0.3 is 5.97 Å². The summed E-state index contributed by atoms with van der Waals surface area (Å²) in [6, 6.07) is 3.30. The number of piperidine rings is 1. The van der Waals surface area contributed by atoms with Crippen LogP contribution in [-0.2, 0) is 30.8 Å². The number of nitrogens with one attached hydrogen (secondary N) is 2. The predicted molar refractivity (Wildman–Crippen MR) is 138 cm³/mol. The minimum absolute atomic E-state index is 0.0783. The molecule has 36 heavy (non-hydrogen) atoms. The average Bonchev–Trinajstić information content (AvgIpc) is 2.84. The van der Waals surface area contributed by atoms with Crippen molar-refractivity contribution in [1.29, 1.82) is 0 Å². The third-order valence-corrected chi connectivity index (χ3v) is 8.27. The van der Waals surface area contributed by atoms with Crippen LogP contribution in [0.5, 0.6) is 0 Å². The Kier molecular flexibility index (Phi) is 9.18. The normalized spacial score (nSPS) is 22.6. The summed E-state index contributed by atoms with van der Waals surface area (Å²) in [5.74, 6) is -0.431. The number of sulfonamides is 1. The molecule has 4 atom stereocenters. The van der Waals surface area contributed by atoms with E-state index in [0.29, 0.717) is 44.0 Å². The molecule has 12 heteroatoms. The number of hydrogen-bond donors (Lipinski definition) is 4. The average molecular weight is 523 g/mol. The largest absolute Gasteiger partial charge is 0.467 e. The van der Waals surface area contributed by atoms with E-state index in [2.05, 4.69) is 22.0 Å². The quantitative estimate of drug-likeness (QED) is 0.160. The van der Waals surface area contributed by atoms with Crippen LogP contribution in [0.25, 0.3) is 0 Å². The van der Waals surface area contributed by atoms with Crippen molar-refractivity contribution in [3.63, 3.8) is 0 Å². The summed E-state index contributed by atoms with van der Waals surface area (Å²) in [6.07, 6.45) is 2.46. The van der Waals surface area contributed by atoms with Crippen molar-refractivity contribution < 1.29 is 22.7 Å². The Hall–Kier alpha value is -2.86. The molecule has 200 valence electrons. The van der Waals surface area contributed by atoms with E-state index in [1.807, 2.05) is 13.0 Å². The summed E-state index contributed by atoms with van der Waals surface area (Å²) in [5, 5.41) is 3.23. The molecule has 0 aliphatic carbocycles. The van der Waals surface area contributed by atoms with Gasteiger partial charge in [0.05, 0.1) is 12.8 Å². The smallest absolute Gasteiger partial charge is 0.328 e. The number of esters is 1. The Morgan fingerprint density at radius 2 is 2.03 bits per heavy atom. The summed E-state index contributed by atoms with van der Waals surface area (Å²) in [5.41, 5.74) is 12.3. The molecular weight excluding hydrogens is 484 g/mol. The molecule has 1 fully saturated rings. The van der Waals surface area contributed by atoms with Crippen LogP contribution >= 0.6 is 0 Å². The van der Waals surface area contributed by atoms with E-state index in [4.69, 9.17) is 16.2 Å². The first-order chi connectivity index (χ1) is 17.0. The van der Waals surface area contributed by atoms with Crippen LogP contribution < -0.4 is 21.5 Å². The third kappa shape index (κ3) is 6.67. The highest BCUT2D eigenvalue weighted by Crippen LogP contribution is 2.32. The number of carbonyl (C=O) groups excluding carboxylic acids is 2. The molecule has 2 aliphatic heterocycles. The SMILES string of the molecule is COC(=O)[C@H]1C[C@H](C)CCN1C(=O)[C@H](CCCN=C(N)N)NS(=O)(=O)c1cccc2c1NCC(C)C2. The Morgan fingerprint density at radius 3 is 2.72 bits per heavy atom. The number of fused-ring (bicyclic) bond motifs is 1. The lowest BCUT2D eigenvalue weighted by atomic mass is 9.91. The van der Waals surface area contributed by atoms with Gasteiger partial charge in [0, 0.05) is 19.6 Å². The number of guanidine groups is 1. The number of para-hydroxylation sites is 1. The van der Waals surface area contributed by atoms with E-state index < -0.39 is 34.0 Å². The third-order valence-electron chi connectivity index (χ3n) is 6.76. The summed E-state index contributed by atoms with van der Waals surface area (Å²) in [4.78, 5) is 31.7. The molecule has 1 aromatic rings. The summed E-state index contributed by atoms with van der Waals surface area (Å²) >= 11 is 0. The van der Waals surface area contributed by atoms with Crippen LogP contribution in [0.3, 0.4) is 0 Å². The fourth-order valence-corrected chi connectivity index (χ4v) is 6.30. The molecule has 2 aliphatic rings. The Morgan fingerprint density at radius 1 is 1.28 bits per heavy atom. The highest BCUT2D eigenvalue weighted by atomic mass is 32.2. The Balaban J connectivity index is 1.89. The number of aliphatic imine (C=N–C) groups is 1. The maximum atomic E-state index is 13.7. The first-order valence-electron chi connectivity index (χ1n) is 12.3. The van der Waals surface area contributed by atoms with E-state index >= 15 is 0 Å². The number of ether oxygens (including phenoxy) is 1. The molecule has 6 N–H and O–H groups in total. The zero-order valence-electron chi connectivity index (χ0n) is 21.2. The van der Waals surface area contributed by atoms with Crippen LogP contribution in [0.4, 0.5) is 5.69 Å². The second-order valence-electron chi connectivity index (χ2n) is 9.80. The molecule has 1 amide bonds. The molecule has 3 rings (SSSR count). The lowest BCUT2D eigenvalue weighted by Crippen LogP contribution is -2.56. The van der Waals surface area contributed by atoms with Crippen molar-refractivity contribution in [2.45, 2.75) is 62.9 Å². The molecule has 0 bridgehead atoms. The predicted octanol–water partition coefficient (Wildman–Crippen LogP) is 0.791. The highest BCUT2D eigenvalue weighted by molar-refractivity contribution is 7.89. The Bertz CT molecular complexity index is 1090. The lowest BCUT2D eigenvalue weighted by molar-refractivity contribution is -0.156. The second-order valence-corrected chi connectivity index (χ2v) is 11.5. The molecule has 1 aromatic carbocycles. The maximum Gasteiger partial charge on any atom is 0.328 e. The van der Waals surface area contributed by atoms with E-state index in [1.54, 1.807) is 6.07 Å². The van der Waals surface area contributed by atoms with Gasteiger partial charge in [-0.2, -0.15) is 4.72 Å². The first-order valence-corrected chi connectivity index (χ1v) is 13.8. The van der Waals surface area contributed by atoms with E-state index in [1.165, 1.54) is 18.1 Å². The van der Waals surface area contributed by atoms with Crippen molar-refractivity contribution in [2.24, 2.45) is 28.3 Å². The number of nitrogens with two attached hydrogens (primary N) is 2. The number of carbonyl (C=O) groups is 2. The number of anilines is 1. The number of rotatable bonds is 9. The highest BCUT2D eigenvalue weighted by Gasteiger charge is 2.39. The molecule has 1 saturated heterocycles. The van der Waals surface area contributed by atoms with Crippen molar-refractivity contribution in [3.05, 3.63) is 23.8 Å². The number of methoxy groups -OCH3 is 1. The second kappa shape index (κ2) is 11.9. The van der Waals surface area contributed by atoms with Gasteiger partial charge in [-0.05, 0) is 55.6 Å². The van der Waals surface area contributed by atoms with Gasteiger partial charge < -0.3 is 26.4 Å². The van der Waals surface area contributed by atoms with Gasteiger partial charge in [-0.1, -0.05) is 26.0 Å². The van der Waals surface area contributed by atoms with Crippen LogP contribution in [0, 0.1) is 11.8 Å². The standard InChI is InChI=1S/C24H38N6O5S/c1-15-9-11-30(19(13-15)23(32)35-3)22(31)18(7-5-10-27-24(25)26)29-36(33,34)20-8-4-6-17-12-16(2)14-28-21(17)20/h4,6,8,15-16,18-19,28-29H,5,7,9-14H2,1-3H3,(H4,25,26,27)/t15-,16?,18+,19-/m1/s1. The van der Waals surface area contributed by atoms with Crippen LogP contribution in [-0.4, -0.2) is 70.0 Å².